The molecular formula is C29H32Cl3N3O5S. The van der Waals surface area contributed by atoms with Crippen LogP contribution in [-0.2, 0) is 16.6 Å². The Hall–Kier alpha value is -2.53. The van der Waals surface area contributed by atoms with E-state index in [4.69, 9.17) is 39.5 Å². The highest BCUT2D eigenvalue weighted by atomic mass is 35.5. The second-order valence-electron chi connectivity index (χ2n) is 10.3. The second-order valence-corrected chi connectivity index (χ2v) is 13.3. The van der Waals surface area contributed by atoms with Crippen LogP contribution >= 0.6 is 34.8 Å². The van der Waals surface area contributed by atoms with Crippen molar-refractivity contribution < 1.29 is 23.1 Å². The van der Waals surface area contributed by atoms with Crippen molar-refractivity contribution in [3.8, 4) is 5.75 Å². The zero-order chi connectivity index (χ0) is 29.9. The van der Waals surface area contributed by atoms with Crippen LogP contribution in [0.1, 0.15) is 29.8 Å². The lowest BCUT2D eigenvalue weighted by Crippen LogP contribution is -2.49. The van der Waals surface area contributed by atoms with Crippen LogP contribution in [0.15, 0.2) is 65.6 Å². The second kappa shape index (κ2) is 13.2. The number of sulfonamides is 1. The summed E-state index contributed by atoms with van der Waals surface area (Å²) >= 11 is 18.2. The average molecular weight is 641 g/mol. The number of amides is 1. The van der Waals surface area contributed by atoms with Crippen molar-refractivity contribution in [2.24, 2.45) is 5.92 Å². The van der Waals surface area contributed by atoms with Gasteiger partial charge in [0.05, 0.1) is 33.2 Å². The van der Waals surface area contributed by atoms with Gasteiger partial charge in [0, 0.05) is 36.3 Å². The van der Waals surface area contributed by atoms with Gasteiger partial charge in [0.1, 0.15) is 11.9 Å². The van der Waals surface area contributed by atoms with Gasteiger partial charge < -0.3 is 14.7 Å². The van der Waals surface area contributed by atoms with Crippen LogP contribution in [0, 0.1) is 5.92 Å². The van der Waals surface area contributed by atoms with E-state index < -0.39 is 16.1 Å². The zero-order valence-corrected chi connectivity index (χ0v) is 25.9. The molecule has 1 aliphatic heterocycles. The van der Waals surface area contributed by atoms with Gasteiger partial charge in [-0.1, -0.05) is 47.8 Å². The van der Waals surface area contributed by atoms with Crippen LogP contribution in [0.25, 0.3) is 0 Å². The lowest BCUT2D eigenvalue weighted by atomic mass is 9.99. The minimum atomic E-state index is -3.93. The lowest BCUT2D eigenvalue weighted by molar-refractivity contribution is 0.0341. The van der Waals surface area contributed by atoms with E-state index in [0.29, 0.717) is 40.5 Å². The molecule has 220 valence electrons. The molecule has 4 rings (SSSR count). The summed E-state index contributed by atoms with van der Waals surface area (Å²) in [4.78, 5) is 17.4. The van der Waals surface area contributed by atoms with E-state index in [1.807, 2.05) is 26.1 Å². The zero-order valence-electron chi connectivity index (χ0n) is 22.9. The number of likely N-dealkylation sites (N-methyl/N-ethyl adjacent to an activating group) is 1. The van der Waals surface area contributed by atoms with Gasteiger partial charge in [-0.05, 0) is 74.1 Å². The molecule has 0 aromatic heterocycles. The Bertz CT molecular complexity index is 1500. The fraction of sp³-hybridized carbons (Fsp3) is 0.345. The summed E-state index contributed by atoms with van der Waals surface area (Å²) in [6.07, 6.45) is -0.320. The van der Waals surface area contributed by atoms with Crippen molar-refractivity contribution in [3.05, 3.63) is 86.9 Å². The number of nitrogens with one attached hydrogen (secondary N) is 1. The van der Waals surface area contributed by atoms with Crippen molar-refractivity contribution in [3.63, 3.8) is 0 Å². The molecule has 0 fully saturated rings. The molecule has 0 unspecified atom stereocenters. The van der Waals surface area contributed by atoms with Crippen LogP contribution in [0.5, 0.6) is 5.75 Å². The molecular weight excluding hydrogens is 609 g/mol. The molecule has 0 aliphatic carbocycles. The van der Waals surface area contributed by atoms with E-state index in [-0.39, 0.29) is 40.7 Å². The largest absolute Gasteiger partial charge is 0.488 e. The van der Waals surface area contributed by atoms with Crippen LogP contribution < -0.4 is 9.46 Å². The summed E-state index contributed by atoms with van der Waals surface area (Å²) in [5.74, 6) is -0.108. The molecule has 0 radical (unpaired) electrons. The van der Waals surface area contributed by atoms with Crippen LogP contribution in [0.4, 0.5) is 5.69 Å². The Morgan fingerprint density at radius 2 is 1.78 bits per heavy atom. The smallest absolute Gasteiger partial charge is 0.261 e. The number of benzene rings is 3. The van der Waals surface area contributed by atoms with E-state index in [0.717, 1.165) is 5.56 Å². The van der Waals surface area contributed by atoms with Crippen molar-refractivity contribution in [2.75, 3.05) is 31.5 Å². The third-order valence-electron chi connectivity index (χ3n) is 6.97. The quantitative estimate of drug-likeness (QED) is 0.307. The molecule has 0 bridgehead atoms. The van der Waals surface area contributed by atoms with Gasteiger partial charge in [0.25, 0.3) is 15.9 Å². The Morgan fingerprint density at radius 3 is 2.44 bits per heavy atom. The Morgan fingerprint density at radius 1 is 1.07 bits per heavy atom. The maximum absolute atomic E-state index is 13.7. The maximum atomic E-state index is 13.7. The maximum Gasteiger partial charge on any atom is 0.261 e. The van der Waals surface area contributed by atoms with Crippen molar-refractivity contribution in [1.29, 1.82) is 0 Å². The molecule has 0 saturated carbocycles. The number of nitrogens with zero attached hydrogens (tertiary/aromatic N) is 2. The van der Waals surface area contributed by atoms with Gasteiger partial charge in [0.2, 0.25) is 0 Å². The third kappa shape index (κ3) is 7.66. The molecule has 2 N–H and O–H groups in total. The average Bonchev–Trinajstić information content (AvgIpc) is 2.92. The summed E-state index contributed by atoms with van der Waals surface area (Å²) in [5, 5.41) is 11.3. The number of anilines is 1. The number of fused-ring (bicyclic) bond motifs is 1. The molecule has 0 saturated heterocycles. The lowest BCUT2D eigenvalue weighted by Gasteiger charge is -2.38. The number of hydrogen-bond donors (Lipinski definition) is 2. The van der Waals surface area contributed by atoms with E-state index >= 15 is 0 Å². The minimum absolute atomic E-state index is 0.0330. The monoisotopic (exact) mass is 639 g/mol. The van der Waals surface area contributed by atoms with Crippen molar-refractivity contribution in [2.45, 2.75) is 37.4 Å². The van der Waals surface area contributed by atoms with Gasteiger partial charge >= 0.3 is 0 Å². The standard InChI is InChI=1S/C29H32Cl3N3O5S/c1-18-14-35(19(2)17-36)29(37)24-13-22(33-41(38,39)23-8-5-21(30)6-9-23)7-11-27(24)40-28(18)16-34(3)15-20-4-10-25(31)26(32)12-20/h4-13,18-19,28,33,36H,14-17H2,1-3H3/t18-,19-,28-/m1/s1. The van der Waals surface area contributed by atoms with E-state index in [9.17, 15) is 18.3 Å². The first-order valence-electron chi connectivity index (χ1n) is 13.0. The molecule has 3 atom stereocenters. The van der Waals surface area contributed by atoms with Crippen molar-refractivity contribution >= 4 is 56.4 Å². The Balaban J connectivity index is 1.62. The molecule has 8 nitrogen and oxygen atoms in total. The summed E-state index contributed by atoms with van der Waals surface area (Å²) < 4.78 is 34.9. The number of ether oxygens (including phenoxy) is 1. The highest BCUT2D eigenvalue weighted by Gasteiger charge is 2.33. The number of aliphatic hydroxyl groups is 1. The van der Waals surface area contributed by atoms with Crippen LogP contribution in [-0.4, -0.2) is 68.1 Å². The summed E-state index contributed by atoms with van der Waals surface area (Å²) in [6.45, 7) is 5.01. The topological polar surface area (TPSA) is 99.2 Å². The number of aliphatic hydroxyl groups excluding tert-OH is 1. The number of carbonyl (C=O) groups excluding carboxylic acids is 1. The van der Waals surface area contributed by atoms with Crippen LogP contribution in [0.3, 0.4) is 0 Å². The van der Waals surface area contributed by atoms with E-state index in [1.165, 1.54) is 30.3 Å². The molecule has 1 aliphatic rings. The molecule has 12 heteroatoms. The normalized spacial score (nSPS) is 18.3. The highest BCUT2D eigenvalue weighted by molar-refractivity contribution is 7.92. The predicted octanol–water partition coefficient (Wildman–Crippen LogP) is 5.80. The van der Waals surface area contributed by atoms with Gasteiger partial charge in [-0.3, -0.25) is 14.4 Å². The molecule has 3 aromatic carbocycles. The molecule has 41 heavy (non-hydrogen) atoms. The molecule has 3 aromatic rings. The fourth-order valence-corrected chi connectivity index (χ4v) is 6.15. The third-order valence-corrected chi connectivity index (χ3v) is 9.36. The van der Waals surface area contributed by atoms with E-state index in [1.54, 1.807) is 30.0 Å². The van der Waals surface area contributed by atoms with Gasteiger partial charge in [0.15, 0.2) is 0 Å². The predicted molar refractivity (Wildman–Crippen MR) is 163 cm³/mol. The molecule has 1 amide bonds. The number of halogens is 3. The SMILES string of the molecule is C[C@@H]1CN([C@H](C)CO)C(=O)c2cc(NS(=O)(=O)c3ccc(Cl)cc3)ccc2O[C@@H]1CN(C)Cc1ccc(Cl)c(Cl)c1. The molecule has 1 heterocycles. The first-order chi connectivity index (χ1) is 19.4. The number of rotatable bonds is 9. The van der Waals surface area contributed by atoms with Gasteiger partial charge in [-0.25, -0.2) is 8.42 Å². The fourth-order valence-electron chi connectivity index (χ4n) is 4.65. The Labute approximate surface area is 255 Å². The van der Waals surface area contributed by atoms with E-state index in [2.05, 4.69) is 9.62 Å². The van der Waals surface area contributed by atoms with Crippen molar-refractivity contribution in [1.82, 2.24) is 9.80 Å². The first kappa shape index (κ1) is 31.4. The van der Waals surface area contributed by atoms with Gasteiger partial charge in [-0.15, -0.1) is 0 Å². The number of hydrogen-bond acceptors (Lipinski definition) is 6. The summed E-state index contributed by atoms with van der Waals surface area (Å²) in [7, 11) is -1.97. The number of carbonyl (C=O) groups is 1. The first-order valence-corrected chi connectivity index (χ1v) is 15.6. The van der Waals surface area contributed by atoms with Crippen LogP contribution in [0.2, 0.25) is 15.1 Å². The summed E-state index contributed by atoms with van der Waals surface area (Å²) in [6, 6.07) is 15.4. The summed E-state index contributed by atoms with van der Waals surface area (Å²) in [5.41, 5.74) is 1.39. The molecule has 0 spiro atoms. The van der Waals surface area contributed by atoms with Gasteiger partial charge in [-0.2, -0.15) is 0 Å². The Kier molecular flexibility index (Phi) is 10.1. The minimum Gasteiger partial charge on any atom is -0.488 e. The highest BCUT2D eigenvalue weighted by Crippen LogP contribution is 2.32.